The Labute approximate surface area is 393 Å². The second kappa shape index (κ2) is 18.8. The summed E-state index contributed by atoms with van der Waals surface area (Å²) in [6.45, 7) is 16.3. The normalized spacial score (nSPS) is 12.8. The van der Waals surface area contributed by atoms with E-state index >= 15 is 0 Å². The molecule has 68 heavy (non-hydrogen) atoms. The molecule has 10 rings (SSSR count). The number of hydrogen-bond donors (Lipinski definition) is 4. The van der Waals surface area contributed by atoms with Crippen LogP contribution in [0.4, 0.5) is 0 Å². The Hall–Kier alpha value is -8.38. The second-order valence-corrected chi connectivity index (χ2v) is 17.0. The predicted octanol–water partition coefficient (Wildman–Crippen LogP) is 12.6. The van der Waals surface area contributed by atoms with Gasteiger partial charge >= 0.3 is 11.9 Å². The number of carbonyl (C=O) groups is 2. The van der Waals surface area contributed by atoms with Crippen LogP contribution in [0.15, 0.2) is 86.0 Å². The third kappa shape index (κ3) is 9.21. The number of nitrogens with one attached hydrogen (secondary N) is 4. The molecule has 12 nitrogen and oxygen atoms in total. The van der Waals surface area contributed by atoms with Gasteiger partial charge in [0.05, 0.1) is 59.8 Å². The molecule has 0 atom stereocenters. The lowest BCUT2D eigenvalue weighted by Crippen LogP contribution is -2.01. The number of allylic oxidation sites excluding steroid dienone is 4. The molecule has 12 heteroatoms. The first-order valence-corrected chi connectivity index (χ1v) is 22.5. The number of aromatic amines is 4. The summed E-state index contributed by atoms with van der Waals surface area (Å²) in [4.78, 5) is 57.6. The minimum absolute atomic E-state index is 0.226. The number of ether oxygens (including phenoxy) is 2. The lowest BCUT2D eigenvalue weighted by atomic mass is 9.98. The third-order valence-corrected chi connectivity index (χ3v) is 12.7. The van der Waals surface area contributed by atoms with E-state index in [9.17, 15) is 9.59 Å². The summed E-state index contributed by atoms with van der Waals surface area (Å²) in [5.41, 5.74) is 22.6. The Bertz CT molecular complexity index is 3480. The van der Waals surface area contributed by atoms with Crippen molar-refractivity contribution in [2.24, 2.45) is 0 Å². The Morgan fingerprint density at radius 1 is 0.485 bits per heavy atom. The minimum Gasteiger partial charge on any atom is -0.469 e. The van der Waals surface area contributed by atoms with Gasteiger partial charge in [0.25, 0.3) is 0 Å². The molecule has 4 aliphatic heterocycles. The molecule has 0 spiro atoms. The maximum atomic E-state index is 12.2. The van der Waals surface area contributed by atoms with E-state index < -0.39 is 0 Å². The monoisotopic (exact) mass is 900 g/mol. The summed E-state index contributed by atoms with van der Waals surface area (Å²) in [6, 6.07) is 24.5. The number of rotatable bonds is 8. The van der Waals surface area contributed by atoms with Gasteiger partial charge in [-0.25, -0.2) is 19.9 Å². The van der Waals surface area contributed by atoms with Gasteiger partial charge in [-0.3, -0.25) is 9.59 Å². The van der Waals surface area contributed by atoms with Gasteiger partial charge in [-0.2, -0.15) is 0 Å². The molecule has 0 saturated carbocycles. The van der Waals surface area contributed by atoms with E-state index in [0.29, 0.717) is 12.8 Å². The maximum absolute atomic E-state index is 12.2. The molecule has 6 aromatic heterocycles. The van der Waals surface area contributed by atoms with E-state index in [1.54, 1.807) is 0 Å². The number of nitrogens with zero attached hydrogens (tertiary/aromatic N) is 4. The molecule has 0 saturated heterocycles. The Morgan fingerprint density at radius 3 is 1.32 bits per heavy atom. The topological polar surface area (TPSA) is 167 Å². The van der Waals surface area contributed by atoms with Crippen LogP contribution in [0.3, 0.4) is 0 Å². The van der Waals surface area contributed by atoms with Crippen LogP contribution >= 0.6 is 0 Å². The van der Waals surface area contributed by atoms with E-state index in [1.807, 2.05) is 86.7 Å². The summed E-state index contributed by atoms with van der Waals surface area (Å²) >= 11 is 0. The van der Waals surface area contributed by atoms with E-state index in [4.69, 9.17) is 19.4 Å². The van der Waals surface area contributed by atoms with Crippen LogP contribution in [0.1, 0.15) is 107 Å². The molecule has 10 heterocycles. The summed E-state index contributed by atoms with van der Waals surface area (Å²) in [5.74, 6) is -0.570. The first-order valence-electron chi connectivity index (χ1n) is 22.5. The van der Waals surface area contributed by atoms with E-state index in [-0.39, 0.29) is 24.8 Å². The lowest BCUT2D eigenvalue weighted by Gasteiger charge is -2.06. The van der Waals surface area contributed by atoms with Crippen LogP contribution in [0.5, 0.6) is 0 Å². The van der Waals surface area contributed by atoms with Crippen LogP contribution in [0.25, 0.3) is 103 Å². The van der Waals surface area contributed by atoms with E-state index in [1.165, 1.54) is 14.2 Å². The van der Waals surface area contributed by atoms with E-state index in [0.717, 1.165) is 134 Å². The molecule has 0 amide bonds. The summed E-state index contributed by atoms with van der Waals surface area (Å²) in [7, 11) is 2.79. The summed E-state index contributed by atoms with van der Waals surface area (Å²) < 4.78 is 9.88. The zero-order valence-electron chi connectivity index (χ0n) is 39.1. The molecule has 4 aliphatic rings. The molecular weight excluding hydrogens is 849 g/mol. The van der Waals surface area contributed by atoms with Crippen LogP contribution in [0.2, 0.25) is 0 Å². The Morgan fingerprint density at radius 2 is 0.882 bits per heavy atom. The van der Waals surface area contributed by atoms with Gasteiger partial charge in [-0.1, -0.05) is 25.3 Å². The maximum Gasteiger partial charge on any atom is 0.305 e. The number of hydrogen-bond acceptors (Lipinski definition) is 8. The molecule has 16 bridgehead atoms. The fourth-order valence-corrected chi connectivity index (χ4v) is 8.90. The molecule has 4 N–H and O–H groups in total. The van der Waals surface area contributed by atoms with Gasteiger partial charge in [0, 0.05) is 68.1 Å². The van der Waals surface area contributed by atoms with Gasteiger partial charge in [0.15, 0.2) is 0 Å². The molecule has 0 aromatic carbocycles. The SMILES string of the molecule is C1=Cc2cc3ccc(cc4ccc(cc5nc(cc1n2)C=C5)[nH]4)[nH]3.C=Cc1c(C)c2cc3[nH]c(cc4nc(cc5nc(cc1[nH]2)C(C)=C5CCC(=O)OC)C(CCC(=O)OC)=C4C)c(C)c3C=C. The average Bonchev–Trinajstić information content (AvgIpc) is 4.22. The third-order valence-electron chi connectivity index (χ3n) is 12.7. The fraction of sp³-hybridized carbons (Fsp3) is 0.179. The Kier molecular flexibility index (Phi) is 12.4. The zero-order valence-corrected chi connectivity index (χ0v) is 39.1. The standard InChI is InChI=1S/C36H38N4O4.C20H14N4/c1-9-23-19(3)27-15-28-21(5)25(11-13-35(41)43-7)33(39-28)18-34-26(12-14-36(42)44-8)22(6)30(40-34)17-32-24(10-2)20(4)29(38-32)16-31(23)37-27;1-2-14-10-16-5-6-18(23-16)12-20-8-7-19(24-20)11-17-4-3-15(22-17)9-13(1)21-14/h9-10,15-18,37-38H,1-2,11-14H2,3-8H3;1-12,21-22H. The smallest absolute Gasteiger partial charge is 0.305 e. The molecule has 0 fully saturated rings. The van der Waals surface area contributed by atoms with Crippen molar-refractivity contribution in [2.45, 2.75) is 53.4 Å². The van der Waals surface area contributed by atoms with Gasteiger partial charge in [0.1, 0.15) is 0 Å². The van der Waals surface area contributed by atoms with Crippen molar-refractivity contribution in [1.82, 2.24) is 39.9 Å². The van der Waals surface area contributed by atoms with Crippen molar-refractivity contribution in [3.8, 4) is 0 Å². The minimum atomic E-state index is -0.285. The highest BCUT2D eigenvalue weighted by molar-refractivity contribution is 5.97. The highest BCUT2D eigenvalue weighted by Gasteiger charge is 2.23. The van der Waals surface area contributed by atoms with Gasteiger partial charge in [0.2, 0.25) is 0 Å². The van der Waals surface area contributed by atoms with Crippen molar-refractivity contribution in [3.63, 3.8) is 0 Å². The van der Waals surface area contributed by atoms with Crippen LogP contribution in [-0.2, 0) is 19.1 Å². The number of esters is 2. The number of aromatic nitrogens is 8. The first kappa shape index (κ1) is 44.8. The molecule has 0 aliphatic carbocycles. The molecule has 0 unspecified atom stereocenters. The highest BCUT2D eigenvalue weighted by atomic mass is 16.5. The molecular formula is C56H52N8O4. The highest BCUT2D eigenvalue weighted by Crippen LogP contribution is 2.38. The summed E-state index contributed by atoms with van der Waals surface area (Å²) in [5, 5.41) is 0. The van der Waals surface area contributed by atoms with Crippen LogP contribution in [0, 0.1) is 13.8 Å². The van der Waals surface area contributed by atoms with Crippen molar-refractivity contribution in [1.29, 1.82) is 0 Å². The molecule has 0 radical (unpaired) electrons. The zero-order chi connectivity index (χ0) is 47.6. The fourth-order valence-electron chi connectivity index (χ4n) is 8.90. The molecule has 6 aromatic rings. The second-order valence-electron chi connectivity index (χ2n) is 17.0. The van der Waals surface area contributed by atoms with Crippen molar-refractivity contribution in [2.75, 3.05) is 14.2 Å². The molecule has 340 valence electrons. The van der Waals surface area contributed by atoms with Gasteiger partial charge in [-0.15, -0.1) is 0 Å². The van der Waals surface area contributed by atoms with Crippen molar-refractivity contribution >= 4 is 115 Å². The van der Waals surface area contributed by atoms with Gasteiger partial charge < -0.3 is 29.4 Å². The first-order chi connectivity index (χ1) is 32.9. The van der Waals surface area contributed by atoms with Crippen LogP contribution < -0.4 is 0 Å². The number of carbonyl (C=O) groups excluding carboxylic acids is 2. The van der Waals surface area contributed by atoms with Crippen molar-refractivity contribution < 1.29 is 19.1 Å². The van der Waals surface area contributed by atoms with Crippen molar-refractivity contribution in [3.05, 3.63) is 154 Å². The van der Waals surface area contributed by atoms with Crippen LogP contribution in [-0.4, -0.2) is 66.0 Å². The number of aryl methyl sites for hydroxylation is 2. The van der Waals surface area contributed by atoms with E-state index in [2.05, 4.69) is 93.3 Å². The quantitative estimate of drug-likeness (QED) is 0.109. The Balaban J connectivity index is 0.000000200. The summed E-state index contributed by atoms with van der Waals surface area (Å²) in [6.07, 6.45) is 13.1. The van der Waals surface area contributed by atoms with Gasteiger partial charge in [-0.05, 0) is 171 Å². The number of methoxy groups -OCH3 is 2. The number of H-pyrrole nitrogens is 4. The largest absolute Gasteiger partial charge is 0.469 e. The lowest BCUT2D eigenvalue weighted by molar-refractivity contribution is -0.141. The number of fused-ring (bicyclic) bond motifs is 16. The predicted molar refractivity (Wildman–Crippen MR) is 277 cm³/mol. The average molecular weight is 901 g/mol.